The number of hydrogen-bond acceptors (Lipinski definition) is 3. The number of aromatic nitrogens is 1. The van der Waals surface area contributed by atoms with Gasteiger partial charge in [-0.05, 0) is 18.9 Å². The van der Waals surface area contributed by atoms with Crippen molar-refractivity contribution in [3.05, 3.63) is 40.4 Å². The third-order valence-corrected chi connectivity index (χ3v) is 4.02. The van der Waals surface area contributed by atoms with Crippen LogP contribution in [-0.2, 0) is 17.6 Å². The van der Waals surface area contributed by atoms with Crippen molar-refractivity contribution < 1.29 is 9.90 Å². The molecule has 1 heterocycles. The fourth-order valence-corrected chi connectivity index (χ4v) is 2.79. The summed E-state index contributed by atoms with van der Waals surface area (Å²) in [4.78, 5) is 16.0. The van der Waals surface area contributed by atoms with Gasteiger partial charge in [0.1, 0.15) is 5.01 Å². The van der Waals surface area contributed by atoms with E-state index in [2.05, 4.69) is 24.0 Å². The van der Waals surface area contributed by atoms with Gasteiger partial charge in [-0.2, -0.15) is 0 Å². The SMILES string of the molecule is CCc1ccc(-c2nc(C)c(CC(=O)O)s2)cc1. The van der Waals surface area contributed by atoms with Gasteiger partial charge in [0, 0.05) is 10.4 Å². The lowest BCUT2D eigenvalue weighted by Gasteiger charge is -1.98. The summed E-state index contributed by atoms with van der Waals surface area (Å²) in [5.41, 5.74) is 3.16. The lowest BCUT2D eigenvalue weighted by molar-refractivity contribution is -0.136. The Balaban J connectivity index is 2.30. The van der Waals surface area contributed by atoms with Crippen molar-refractivity contribution in [1.29, 1.82) is 0 Å². The molecule has 0 aliphatic carbocycles. The molecular formula is C14H15NO2S. The quantitative estimate of drug-likeness (QED) is 0.918. The summed E-state index contributed by atoms with van der Waals surface area (Å²) in [5, 5.41) is 9.71. The molecule has 0 amide bonds. The van der Waals surface area contributed by atoms with Crippen molar-refractivity contribution >= 4 is 17.3 Å². The van der Waals surface area contributed by atoms with E-state index in [0.717, 1.165) is 27.6 Å². The number of nitrogens with zero attached hydrogens (tertiary/aromatic N) is 1. The minimum absolute atomic E-state index is 0.0521. The number of carboxylic acid groups (broad SMARTS) is 1. The summed E-state index contributed by atoms with van der Waals surface area (Å²) in [5.74, 6) is -0.811. The van der Waals surface area contributed by atoms with E-state index in [1.165, 1.54) is 16.9 Å². The highest BCUT2D eigenvalue weighted by atomic mass is 32.1. The van der Waals surface area contributed by atoms with Crippen LogP contribution in [0.4, 0.5) is 0 Å². The summed E-state index contributed by atoms with van der Waals surface area (Å²) < 4.78 is 0. The molecule has 3 nitrogen and oxygen atoms in total. The molecule has 0 unspecified atom stereocenters. The number of rotatable bonds is 4. The van der Waals surface area contributed by atoms with Crippen molar-refractivity contribution in [2.24, 2.45) is 0 Å². The van der Waals surface area contributed by atoms with Crippen LogP contribution in [0.15, 0.2) is 24.3 Å². The van der Waals surface area contributed by atoms with Gasteiger partial charge in [-0.1, -0.05) is 31.2 Å². The third-order valence-electron chi connectivity index (χ3n) is 2.81. The fourth-order valence-electron chi connectivity index (χ4n) is 1.74. The molecule has 4 heteroatoms. The highest BCUT2D eigenvalue weighted by molar-refractivity contribution is 7.15. The van der Waals surface area contributed by atoms with Gasteiger partial charge in [0.05, 0.1) is 12.1 Å². The molecule has 2 aromatic rings. The molecule has 0 bridgehead atoms. The van der Waals surface area contributed by atoms with Crippen LogP contribution in [0.1, 0.15) is 23.1 Å². The molecule has 0 fully saturated rings. The average molecular weight is 261 g/mol. The molecule has 0 atom stereocenters. The Morgan fingerprint density at radius 3 is 2.56 bits per heavy atom. The molecule has 0 aliphatic rings. The molecular weight excluding hydrogens is 246 g/mol. The van der Waals surface area contributed by atoms with Gasteiger partial charge >= 0.3 is 5.97 Å². The molecule has 2 rings (SSSR count). The maximum atomic E-state index is 10.7. The monoisotopic (exact) mass is 261 g/mol. The molecule has 0 saturated carbocycles. The van der Waals surface area contributed by atoms with Gasteiger partial charge in [-0.15, -0.1) is 11.3 Å². The first kappa shape index (κ1) is 12.8. The summed E-state index contributed by atoms with van der Waals surface area (Å²) in [6.07, 6.45) is 1.07. The Morgan fingerprint density at radius 1 is 1.33 bits per heavy atom. The molecule has 94 valence electrons. The lowest BCUT2D eigenvalue weighted by atomic mass is 10.1. The van der Waals surface area contributed by atoms with E-state index >= 15 is 0 Å². The van der Waals surface area contributed by atoms with Crippen LogP contribution in [-0.4, -0.2) is 16.1 Å². The lowest BCUT2D eigenvalue weighted by Crippen LogP contribution is -1.99. The minimum atomic E-state index is -0.811. The van der Waals surface area contributed by atoms with Crippen molar-refractivity contribution in [3.63, 3.8) is 0 Å². The maximum Gasteiger partial charge on any atom is 0.308 e. The number of benzene rings is 1. The van der Waals surface area contributed by atoms with Crippen molar-refractivity contribution in [2.75, 3.05) is 0 Å². The highest BCUT2D eigenvalue weighted by Crippen LogP contribution is 2.28. The second-order valence-corrected chi connectivity index (χ2v) is 5.23. The number of carboxylic acids is 1. The molecule has 1 aromatic carbocycles. The predicted molar refractivity (Wildman–Crippen MR) is 73.0 cm³/mol. The van der Waals surface area contributed by atoms with Gasteiger partial charge in [0.25, 0.3) is 0 Å². The maximum absolute atomic E-state index is 10.7. The smallest absolute Gasteiger partial charge is 0.308 e. The predicted octanol–water partition coefficient (Wildman–Crippen LogP) is 3.31. The Bertz CT molecular complexity index is 558. The Labute approximate surface area is 110 Å². The third kappa shape index (κ3) is 2.76. The first-order valence-corrected chi connectivity index (χ1v) is 6.69. The van der Waals surface area contributed by atoms with Gasteiger partial charge in [0.15, 0.2) is 0 Å². The van der Waals surface area contributed by atoms with E-state index in [9.17, 15) is 4.79 Å². The molecule has 0 aliphatic heterocycles. The van der Waals surface area contributed by atoms with Gasteiger partial charge < -0.3 is 5.11 Å². The number of carbonyl (C=O) groups is 1. The van der Waals surface area contributed by atoms with E-state index < -0.39 is 5.97 Å². The average Bonchev–Trinajstić information content (AvgIpc) is 2.70. The van der Waals surface area contributed by atoms with Crippen LogP contribution < -0.4 is 0 Å². The first-order chi connectivity index (χ1) is 8.60. The van der Waals surface area contributed by atoms with E-state index in [-0.39, 0.29) is 6.42 Å². The summed E-state index contributed by atoms with van der Waals surface area (Å²) in [7, 11) is 0. The summed E-state index contributed by atoms with van der Waals surface area (Å²) in [6, 6.07) is 8.26. The van der Waals surface area contributed by atoms with Crippen molar-refractivity contribution in [3.8, 4) is 10.6 Å². The van der Waals surface area contributed by atoms with Gasteiger partial charge in [-0.3, -0.25) is 4.79 Å². The van der Waals surface area contributed by atoms with Crippen molar-refractivity contribution in [2.45, 2.75) is 26.7 Å². The second kappa shape index (κ2) is 5.31. The van der Waals surface area contributed by atoms with Gasteiger partial charge in [0.2, 0.25) is 0 Å². The molecule has 1 N–H and O–H groups in total. The standard InChI is InChI=1S/C14H15NO2S/c1-3-10-4-6-11(7-5-10)14-15-9(2)12(18-14)8-13(16)17/h4-7H,3,8H2,1-2H3,(H,16,17). The number of aliphatic carboxylic acids is 1. The van der Waals surface area contributed by atoms with E-state index in [0.29, 0.717) is 0 Å². The molecule has 0 saturated heterocycles. The van der Waals surface area contributed by atoms with E-state index in [1.807, 2.05) is 19.1 Å². The fraction of sp³-hybridized carbons (Fsp3) is 0.286. The molecule has 1 aromatic heterocycles. The normalized spacial score (nSPS) is 10.6. The molecule has 0 radical (unpaired) electrons. The molecule has 0 spiro atoms. The van der Waals surface area contributed by atoms with Crippen LogP contribution in [0, 0.1) is 6.92 Å². The largest absolute Gasteiger partial charge is 0.481 e. The summed E-state index contributed by atoms with van der Waals surface area (Å²) in [6.45, 7) is 3.98. The topological polar surface area (TPSA) is 50.2 Å². The number of hydrogen-bond donors (Lipinski definition) is 1. The first-order valence-electron chi connectivity index (χ1n) is 5.87. The second-order valence-electron chi connectivity index (χ2n) is 4.15. The number of thiazole rings is 1. The molecule has 18 heavy (non-hydrogen) atoms. The van der Waals surface area contributed by atoms with Crippen molar-refractivity contribution in [1.82, 2.24) is 4.98 Å². The van der Waals surface area contributed by atoms with Crippen LogP contribution in [0.25, 0.3) is 10.6 Å². The Kier molecular flexibility index (Phi) is 3.77. The Morgan fingerprint density at radius 2 is 2.00 bits per heavy atom. The zero-order chi connectivity index (χ0) is 13.1. The van der Waals surface area contributed by atoms with Crippen LogP contribution in [0.2, 0.25) is 0 Å². The zero-order valence-electron chi connectivity index (χ0n) is 10.4. The minimum Gasteiger partial charge on any atom is -0.481 e. The zero-order valence-corrected chi connectivity index (χ0v) is 11.3. The van der Waals surface area contributed by atoms with E-state index in [4.69, 9.17) is 5.11 Å². The van der Waals surface area contributed by atoms with Crippen LogP contribution in [0.3, 0.4) is 0 Å². The highest BCUT2D eigenvalue weighted by Gasteiger charge is 2.12. The van der Waals surface area contributed by atoms with Crippen LogP contribution in [0.5, 0.6) is 0 Å². The van der Waals surface area contributed by atoms with Crippen LogP contribution >= 0.6 is 11.3 Å². The van der Waals surface area contributed by atoms with Gasteiger partial charge in [-0.25, -0.2) is 4.98 Å². The summed E-state index contributed by atoms with van der Waals surface area (Å²) >= 11 is 1.46. The Hall–Kier alpha value is -1.68. The van der Waals surface area contributed by atoms with E-state index in [1.54, 1.807) is 0 Å². The number of aryl methyl sites for hydroxylation is 2.